The molecule has 1 aromatic rings. The van der Waals surface area contributed by atoms with Crippen LogP contribution >= 0.6 is 0 Å². The fraction of sp³-hybridized carbons (Fsp3) is 0.364. The lowest BCUT2D eigenvalue weighted by molar-refractivity contribution is 0.106. The highest BCUT2D eigenvalue weighted by Crippen LogP contribution is 2.18. The Morgan fingerprint density at radius 2 is 2.07 bits per heavy atom. The van der Waals surface area contributed by atoms with Crippen LogP contribution in [0.3, 0.4) is 0 Å². The van der Waals surface area contributed by atoms with Gasteiger partial charge in [0, 0.05) is 6.61 Å². The zero-order chi connectivity index (χ0) is 11.3. The average molecular weight is 208 g/mol. The van der Waals surface area contributed by atoms with Gasteiger partial charge >= 0.3 is 0 Å². The standard InChI is InChI=1S/C11H16N2O2/c1-3-15-10(11(12)13-14)9-6-4-8(2)5-7-9/h4-7,10,14H,3H2,1-2H3,(H2,12,13)/t10-/m1/s1. The van der Waals surface area contributed by atoms with Crippen molar-refractivity contribution >= 4 is 5.84 Å². The first-order chi connectivity index (χ1) is 7.19. The largest absolute Gasteiger partial charge is 0.409 e. The van der Waals surface area contributed by atoms with Gasteiger partial charge in [0.2, 0.25) is 0 Å². The maximum atomic E-state index is 8.63. The Kier molecular flexibility index (Phi) is 4.12. The SMILES string of the molecule is CCO[C@@H](/C(N)=N\O)c1ccc(C)cc1. The first-order valence-electron chi connectivity index (χ1n) is 4.84. The molecule has 1 atom stereocenters. The number of rotatable bonds is 4. The molecule has 15 heavy (non-hydrogen) atoms. The summed E-state index contributed by atoms with van der Waals surface area (Å²) in [7, 11) is 0. The van der Waals surface area contributed by atoms with Crippen LogP contribution in [-0.4, -0.2) is 17.6 Å². The second kappa shape index (κ2) is 5.36. The molecule has 0 radical (unpaired) electrons. The molecule has 0 fully saturated rings. The summed E-state index contributed by atoms with van der Waals surface area (Å²) >= 11 is 0. The van der Waals surface area contributed by atoms with Gasteiger partial charge in [-0.25, -0.2) is 0 Å². The van der Waals surface area contributed by atoms with E-state index in [0.717, 1.165) is 11.1 Å². The third kappa shape index (κ3) is 2.95. The van der Waals surface area contributed by atoms with Crippen LogP contribution in [0.25, 0.3) is 0 Å². The Hall–Kier alpha value is -1.55. The number of hydrogen-bond donors (Lipinski definition) is 2. The molecule has 0 amide bonds. The fourth-order valence-electron chi connectivity index (χ4n) is 1.31. The molecule has 0 heterocycles. The molecule has 4 heteroatoms. The first-order valence-corrected chi connectivity index (χ1v) is 4.84. The molecule has 4 nitrogen and oxygen atoms in total. The lowest BCUT2D eigenvalue weighted by atomic mass is 10.1. The molecular weight excluding hydrogens is 192 g/mol. The van der Waals surface area contributed by atoms with E-state index in [0.29, 0.717) is 6.61 Å². The fourth-order valence-corrected chi connectivity index (χ4v) is 1.31. The zero-order valence-electron chi connectivity index (χ0n) is 8.97. The third-order valence-corrected chi connectivity index (χ3v) is 2.10. The van der Waals surface area contributed by atoms with Gasteiger partial charge in [-0.15, -0.1) is 0 Å². The van der Waals surface area contributed by atoms with Crippen LogP contribution in [-0.2, 0) is 4.74 Å². The second-order valence-electron chi connectivity index (χ2n) is 3.27. The van der Waals surface area contributed by atoms with E-state index in [9.17, 15) is 0 Å². The van der Waals surface area contributed by atoms with Crippen molar-refractivity contribution in [3.05, 3.63) is 35.4 Å². The molecule has 0 unspecified atom stereocenters. The van der Waals surface area contributed by atoms with Gasteiger partial charge < -0.3 is 15.7 Å². The Balaban J connectivity index is 2.93. The highest BCUT2D eigenvalue weighted by atomic mass is 16.5. The predicted octanol–water partition coefficient (Wildman–Crippen LogP) is 1.82. The van der Waals surface area contributed by atoms with E-state index in [-0.39, 0.29) is 5.84 Å². The topological polar surface area (TPSA) is 67.8 Å². The lowest BCUT2D eigenvalue weighted by Gasteiger charge is -2.15. The second-order valence-corrected chi connectivity index (χ2v) is 3.27. The van der Waals surface area contributed by atoms with Gasteiger partial charge in [-0.3, -0.25) is 0 Å². The van der Waals surface area contributed by atoms with E-state index in [4.69, 9.17) is 15.7 Å². The van der Waals surface area contributed by atoms with Crippen molar-refractivity contribution in [2.24, 2.45) is 10.9 Å². The summed E-state index contributed by atoms with van der Waals surface area (Å²) in [4.78, 5) is 0. The van der Waals surface area contributed by atoms with Gasteiger partial charge in [0.25, 0.3) is 0 Å². The van der Waals surface area contributed by atoms with Crippen LogP contribution in [0.15, 0.2) is 29.4 Å². The summed E-state index contributed by atoms with van der Waals surface area (Å²) in [5.41, 5.74) is 7.60. The molecule has 1 aromatic carbocycles. The van der Waals surface area contributed by atoms with E-state index in [1.807, 2.05) is 38.1 Å². The molecule has 0 saturated carbocycles. The predicted molar refractivity (Wildman–Crippen MR) is 59.0 cm³/mol. The number of hydrogen-bond acceptors (Lipinski definition) is 3. The van der Waals surface area contributed by atoms with Crippen LogP contribution in [0.1, 0.15) is 24.2 Å². The van der Waals surface area contributed by atoms with Crippen molar-refractivity contribution in [2.45, 2.75) is 20.0 Å². The molecule has 0 aromatic heterocycles. The first kappa shape index (κ1) is 11.5. The maximum absolute atomic E-state index is 8.63. The number of nitrogens with two attached hydrogens (primary N) is 1. The van der Waals surface area contributed by atoms with Crippen molar-refractivity contribution in [1.82, 2.24) is 0 Å². The van der Waals surface area contributed by atoms with E-state index in [2.05, 4.69) is 5.16 Å². The van der Waals surface area contributed by atoms with Gasteiger partial charge in [-0.1, -0.05) is 35.0 Å². The molecule has 3 N–H and O–H groups in total. The molecule has 0 aliphatic carbocycles. The van der Waals surface area contributed by atoms with Gasteiger partial charge in [0.1, 0.15) is 6.10 Å². The number of amidine groups is 1. The van der Waals surface area contributed by atoms with Gasteiger partial charge in [0.05, 0.1) is 0 Å². The molecule has 1 rings (SSSR count). The Morgan fingerprint density at radius 1 is 1.47 bits per heavy atom. The molecule has 0 aliphatic rings. The summed E-state index contributed by atoms with van der Waals surface area (Å²) in [6.45, 7) is 4.38. The van der Waals surface area contributed by atoms with Crippen molar-refractivity contribution < 1.29 is 9.94 Å². The van der Waals surface area contributed by atoms with Gasteiger partial charge in [-0.2, -0.15) is 0 Å². The van der Waals surface area contributed by atoms with Gasteiger partial charge in [-0.05, 0) is 19.4 Å². The highest BCUT2D eigenvalue weighted by molar-refractivity contribution is 5.85. The van der Waals surface area contributed by atoms with E-state index < -0.39 is 6.10 Å². The minimum Gasteiger partial charge on any atom is -0.409 e. The minimum atomic E-state index is -0.472. The van der Waals surface area contributed by atoms with Crippen molar-refractivity contribution in [3.63, 3.8) is 0 Å². The van der Waals surface area contributed by atoms with E-state index in [1.54, 1.807) is 0 Å². The van der Waals surface area contributed by atoms with Crippen LogP contribution in [0.2, 0.25) is 0 Å². The van der Waals surface area contributed by atoms with Gasteiger partial charge in [0.15, 0.2) is 5.84 Å². The highest BCUT2D eigenvalue weighted by Gasteiger charge is 2.16. The Bertz CT molecular complexity index is 333. The van der Waals surface area contributed by atoms with Crippen LogP contribution in [0.5, 0.6) is 0 Å². The molecule has 0 bridgehead atoms. The number of aryl methyl sites for hydroxylation is 1. The summed E-state index contributed by atoms with van der Waals surface area (Å²) in [6.07, 6.45) is -0.472. The number of nitrogens with zero attached hydrogens (tertiary/aromatic N) is 1. The van der Waals surface area contributed by atoms with E-state index in [1.165, 1.54) is 0 Å². The minimum absolute atomic E-state index is 0.0701. The third-order valence-electron chi connectivity index (χ3n) is 2.10. The van der Waals surface area contributed by atoms with Crippen LogP contribution < -0.4 is 5.73 Å². The van der Waals surface area contributed by atoms with Crippen LogP contribution in [0.4, 0.5) is 0 Å². The maximum Gasteiger partial charge on any atom is 0.173 e. The number of ether oxygens (including phenoxy) is 1. The summed E-state index contributed by atoms with van der Waals surface area (Å²) < 4.78 is 5.40. The monoisotopic (exact) mass is 208 g/mol. The summed E-state index contributed by atoms with van der Waals surface area (Å²) in [6, 6.07) is 7.75. The average Bonchev–Trinajstić information content (AvgIpc) is 2.26. The quantitative estimate of drug-likeness (QED) is 0.343. The smallest absolute Gasteiger partial charge is 0.173 e. The molecular formula is C11H16N2O2. The molecule has 82 valence electrons. The number of oxime groups is 1. The summed E-state index contributed by atoms with van der Waals surface area (Å²) in [5.74, 6) is 0.0701. The lowest BCUT2D eigenvalue weighted by Crippen LogP contribution is -2.24. The van der Waals surface area contributed by atoms with Crippen LogP contribution in [0, 0.1) is 6.92 Å². The van der Waals surface area contributed by atoms with Crippen molar-refractivity contribution in [2.75, 3.05) is 6.61 Å². The zero-order valence-corrected chi connectivity index (χ0v) is 8.97. The van der Waals surface area contributed by atoms with Crippen molar-refractivity contribution in [1.29, 1.82) is 0 Å². The van der Waals surface area contributed by atoms with Crippen molar-refractivity contribution in [3.8, 4) is 0 Å². The van der Waals surface area contributed by atoms with E-state index >= 15 is 0 Å². The Morgan fingerprint density at radius 3 is 2.53 bits per heavy atom. The molecule has 0 spiro atoms. The Labute approximate surface area is 89.4 Å². The number of benzene rings is 1. The summed E-state index contributed by atoms with van der Waals surface area (Å²) in [5, 5.41) is 11.6. The molecule has 0 aliphatic heterocycles. The normalized spacial score (nSPS) is 13.9. The molecule has 0 saturated heterocycles.